The summed E-state index contributed by atoms with van der Waals surface area (Å²) < 4.78 is 13.8. The molecule has 1 atom stereocenters. The highest BCUT2D eigenvalue weighted by Gasteiger charge is 2.37. The first-order valence-corrected chi connectivity index (χ1v) is 8.88. The van der Waals surface area contributed by atoms with Gasteiger partial charge in [-0.1, -0.05) is 43.3 Å². The molecule has 1 saturated heterocycles. The third-order valence-electron chi connectivity index (χ3n) is 4.88. The van der Waals surface area contributed by atoms with Gasteiger partial charge in [-0.25, -0.2) is 4.39 Å². The maximum atomic E-state index is 13.8. The van der Waals surface area contributed by atoms with Crippen molar-refractivity contribution >= 4 is 17.5 Å². The van der Waals surface area contributed by atoms with Crippen LogP contribution in [0.25, 0.3) is 0 Å². The Bertz CT molecular complexity index is 821. The number of anilines is 1. The lowest BCUT2D eigenvalue weighted by atomic mass is 10.1. The number of aryl methyl sites for hydroxylation is 1. The molecule has 0 aliphatic carbocycles. The summed E-state index contributed by atoms with van der Waals surface area (Å²) in [5.41, 5.74) is 2.45. The molecule has 2 aromatic carbocycles. The van der Waals surface area contributed by atoms with Crippen molar-refractivity contribution in [1.29, 1.82) is 0 Å². The Labute approximate surface area is 153 Å². The van der Waals surface area contributed by atoms with E-state index in [0.29, 0.717) is 12.1 Å². The van der Waals surface area contributed by atoms with E-state index in [1.807, 2.05) is 31.2 Å². The molecule has 3 rings (SSSR count). The van der Waals surface area contributed by atoms with Crippen LogP contribution in [0, 0.1) is 11.7 Å². The number of rotatable bonds is 5. The molecule has 4 nitrogen and oxygen atoms in total. The van der Waals surface area contributed by atoms with Gasteiger partial charge >= 0.3 is 0 Å². The largest absolute Gasteiger partial charge is 0.341 e. The molecule has 1 aliphatic rings. The number of benzene rings is 2. The number of halogens is 1. The Morgan fingerprint density at radius 1 is 1.15 bits per heavy atom. The fraction of sp³-hybridized carbons (Fsp3) is 0.333. The van der Waals surface area contributed by atoms with Crippen LogP contribution >= 0.6 is 0 Å². The third-order valence-corrected chi connectivity index (χ3v) is 4.88. The number of hydrogen-bond acceptors (Lipinski definition) is 2. The summed E-state index contributed by atoms with van der Waals surface area (Å²) in [5.74, 6) is -0.890. The molecule has 0 saturated carbocycles. The van der Waals surface area contributed by atoms with E-state index < -0.39 is 5.92 Å². The quantitative estimate of drug-likeness (QED) is 0.826. The molecular weight excluding hydrogens is 331 g/mol. The number of carbonyl (C=O) groups is 2. The molecule has 0 radical (unpaired) electrons. The highest BCUT2D eigenvalue weighted by atomic mass is 19.1. The Hall–Kier alpha value is -2.69. The Morgan fingerprint density at radius 2 is 1.81 bits per heavy atom. The molecule has 5 heteroatoms. The van der Waals surface area contributed by atoms with Gasteiger partial charge in [0.2, 0.25) is 11.8 Å². The second kappa shape index (κ2) is 7.68. The molecule has 1 heterocycles. The van der Waals surface area contributed by atoms with Gasteiger partial charge in [0.1, 0.15) is 5.82 Å². The van der Waals surface area contributed by atoms with Crippen LogP contribution in [-0.2, 0) is 22.6 Å². The molecule has 1 unspecified atom stereocenters. The third kappa shape index (κ3) is 3.62. The summed E-state index contributed by atoms with van der Waals surface area (Å²) in [6.07, 6.45) is 1.02. The van der Waals surface area contributed by atoms with Crippen LogP contribution in [0.15, 0.2) is 48.5 Å². The number of carbonyl (C=O) groups excluding carboxylic acids is 2. The molecule has 1 fully saturated rings. The van der Waals surface area contributed by atoms with Crippen molar-refractivity contribution in [1.82, 2.24) is 4.90 Å². The fourth-order valence-corrected chi connectivity index (χ4v) is 3.45. The van der Waals surface area contributed by atoms with E-state index >= 15 is 0 Å². The van der Waals surface area contributed by atoms with Gasteiger partial charge in [0.15, 0.2) is 0 Å². The lowest BCUT2D eigenvalue weighted by molar-refractivity contribution is -0.135. The average molecular weight is 354 g/mol. The molecule has 1 aliphatic heterocycles. The van der Waals surface area contributed by atoms with Crippen molar-refractivity contribution in [2.75, 3.05) is 18.5 Å². The van der Waals surface area contributed by atoms with Crippen molar-refractivity contribution in [2.45, 2.75) is 26.3 Å². The summed E-state index contributed by atoms with van der Waals surface area (Å²) >= 11 is 0. The molecule has 0 aromatic heterocycles. The van der Waals surface area contributed by atoms with Gasteiger partial charge in [0.25, 0.3) is 0 Å². The highest BCUT2D eigenvalue weighted by molar-refractivity contribution is 6.00. The predicted octanol–water partition coefficient (Wildman–Crippen LogP) is 3.40. The summed E-state index contributed by atoms with van der Waals surface area (Å²) in [7, 11) is 1.65. The first-order chi connectivity index (χ1) is 12.5. The van der Waals surface area contributed by atoms with Gasteiger partial charge in [-0.3, -0.25) is 9.59 Å². The minimum absolute atomic E-state index is 0.0384. The van der Waals surface area contributed by atoms with Gasteiger partial charge in [-0.05, 0) is 24.1 Å². The first kappa shape index (κ1) is 18.1. The van der Waals surface area contributed by atoms with Gasteiger partial charge in [-0.15, -0.1) is 0 Å². The number of amides is 2. The molecule has 2 aromatic rings. The van der Waals surface area contributed by atoms with Gasteiger partial charge in [-0.2, -0.15) is 0 Å². The van der Waals surface area contributed by atoms with Crippen LogP contribution in [-0.4, -0.2) is 30.3 Å². The molecule has 2 amide bonds. The molecule has 26 heavy (non-hydrogen) atoms. The van der Waals surface area contributed by atoms with E-state index in [1.165, 1.54) is 11.0 Å². The topological polar surface area (TPSA) is 40.6 Å². The summed E-state index contributed by atoms with van der Waals surface area (Å²) in [6.45, 7) is 2.61. The average Bonchev–Trinajstić information content (AvgIpc) is 3.04. The number of para-hydroxylation sites is 1. The summed E-state index contributed by atoms with van der Waals surface area (Å²) in [5, 5.41) is 0. The van der Waals surface area contributed by atoms with Crippen LogP contribution in [0.3, 0.4) is 0 Å². The van der Waals surface area contributed by atoms with Crippen LogP contribution in [0.4, 0.5) is 10.1 Å². The lowest BCUT2D eigenvalue weighted by Crippen LogP contribution is -2.34. The number of nitrogens with zero attached hydrogens (tertiary/aromatic N) is 2. The van der Waals surface area contributed by atoms with Gasteiger partial charge in [0, 0.05) is 37.8 Å². The van der Waals surface area contributed by atoms with E-state index in [1.54, 1.807) is 30.1 Å². The molecule has 136 valence electrons. The standard InChI is InChI=1S/C21H23FN2O2/c1-3-15-8-5-7-11-19(15)24-14-17(12-20(24)25)21(26)23(2)13-16-9-4-6-10-18(16)22/h4-11,17H,3,12-14H2,1-2H3. The molecule has 0 N–H and O–H groups in total. The Balaban J connectivity index is 1.71. The van der Waals surface area contributed by atoms with Crippen LogP contribution < -0.4 is 4.90 Å². The van der Waals surface area contributed by atoms with E-state index in [-0.39, 0.29) is 30.6 Å². The number of hydrogen-bond donors (Lipinski definition) is 0. The SMILES string of the molecule is CCc1ccccc1N1CC(C(=O)N(C)Cc2ccccc2F)CC1=O. The van der Waals surface area contributed by atoms with Gasteiger partial charge in [0.05, 0.1) is 5.92 Å². The smallest absolute Gasteiger partial charge is 0.228 e. The maximum Gasteiger partial charge on any atom is 0.228 e. The van der Waals surface area contributed by atoms with E-state index in [0.717, 1.165) is 17.7 Å². The van der Waals surface area contributed by atoms with Crippen molar-refractivity contribution in [3.05, 3.63) is 65.5 Å². The second-order valence-electron chi connectivity index (χ2n) is 6.67. The Kier molecular flexibility index (Phi) is 5.35. The van der Waals surface area contributed by atoms with Crippen molar-refractivity contribution < 1.29 is 14.0 Å². The fourth-order valence-electron chi connectivity index (χ4n) is 3.45. The van der Waals surface area contributed by atoms with E-state index in [2.05, 4.69) is 0 Å². The zero-order chi connectivity index (χ0) is 18.7. The van der Waals surface area contributed by atoms with Gasteiger partial charge < -0.3 is 9.80 Å². The normalized spacial score (nSPS) is 16.8. The van der Waals surface area contributed by atoms with E-state index in [9.17, 15) is 14.0 Å². The molecule has 0 spiro atoms. The lowest BCUT2D eigenvalue weighted by Gasteiger charge is -2.22. The molecular formula is C21H23FN2O2. The minimum Gasteiger partial charge on any atom is -0.341 e. The van der Waals surface area contributed by atoms with Crippen LogP contribution in [0.5, 0.6) is 0 Å². The summed E-state index contributed by atoms with van der Waals surface area (Å²) in [4.78, 5) is 28.5. The van der Waals surface area contributed by atoms with Crippen LogP contribution in [0.1, 0.15) is 24.5 Å². The maximum absolute atomic E-state index is 13.8. The highest BCUT2D eigenvalue weighted by Crippen LogP contribution is 2.29. The van der Waals surface area contributed by atoms with E-state index in [4.69, 9.17) is 0 Å². The van der Waals surface area contributed by atoms with Crippen LogP contribution in [0.2, 0.25) is 0 Å². The van der Waals surface area contributed by atoms with Crippen molar-refractivity contribution in [3.8, 4) is 0 Å². The molecule has 0 bridgehead atoms. The van der Waals surface area contributed by atoms with Crippen molar-refractivity contribution in [2.24, 2.45) is 5.92 Å². The Morgan fingerprint density at radius 3 is 2.50 bits per heavy atom. The second-order valence-corrected chi connectivity index (χ2v) is 6.67. The zero-order valence-corrected chi connectivity index (χ0v) is 15.1. The monoisotopic (exact) mass is 354 g/mol. The first-order valence-electron chi connectivity index (χ1n) is 8.88. The summed E-state index contributed by atoms with van der Waals surface area (Å²) in [6, 6.07) is 14.2. The van der Waals surface area contributed by atoms with Crippen molar-refractivity contribution in [3.63, 3.8) is 0 Å². The minimum atomic E-state index is -0.399. The predicted molar refractivity (Wildman–Crippen MR) is 99.2 cm³/mol. The zero-order valence-electron chi connectivity index (χ0n) is 15.1.